The number of nitrogens with two attached hydrogens (primary N) is 1. The number of oxime groups is 1. The van der Waals surface area contributed by atoms with E-state index in [1.165, 1.54) is 12.1 Å². The van der Waals surface area contributed by atoms with Gasteiger partial charge in [-0.3, -0.25) is 9.59 Å². The maximum atomic E-state index is 13.6. The molecule has 0 unspecified atom stereocenters. The number of ether oxygens (including phenoxy) is 1. The van der Waals surface area contributed by atoms with Gasteiger partial charge in [-0.2, -0.15) is 8.78 Å². The van der Waals surface area contributed by atoms with Crippen molar-refractivity contribution in [3.8, 4) is 0 Å². The van der Waals surface area contributed by atoms with Gasteiger partial charge in [-0.15, -0.1) is 0 Å². The van der Waals surface area contributed by atoms with Crippen LogP contribution < -0.4 is 16.4 Å². The average molecular weight is 314 g/mol. The summed E-state index contributed by atoms with van der Waals surface area (Å²) in [5, 5.41) is 15.5. The number of rotatable bonds is 6. The minimum atomic E-state index is -3.61. The van der Waals surface area contributed by atoms with Crippen molar-refractivity contribution in [3.63, 3.8) is 0 Å². The molecule has 0 saturated carbocycles. The number of hydrogen-bond donors (Lipinski definition) is 4. The second-order valence-electron chi connectivity index (χ2n) is 4.42. The third kappa shape index (κ3) is 2.90. The van der Waals surface area contributed by atoms with Gasteiger partial charge < -0.3 is 26.3 Å². The Hall–Kier alpha value is -2.91. The highest BCUT2D eigenvalue weighted by Gasteiger charge is 2.48. The number of nitrogens with zero attached hydrogens (tertiary/aromatic N) is 1. The van der Waals surface area contributed by atoms with Crippen LogP contribution in [0.4, 0.5) is 20.2 Å². The summed E-state index contributed by atoms with van der Waals surface area (Å²) >= 11 is 0. The van der Waals surface area contributed by atoms with Crippen molar-refractivity contribution >= 4 is 29.6 Å². The highest BCUT2D eigenvalue weighted by molar-refractivity contribution is 6.04. The Morgan fingerprint density at radius 3 is 2.95 bits per heavy atom. The summed E-state index contributed by atoms with van der Waals surface area (Å²) < 4.78 is 32.0. The minimum Gasteiger partial charge on any atom is -0.466 e. The standard InChI is InChI=1S/C12H12F2N4O4/c13-12(14)7-3-6(1-2-8(7)18-11(12)20)16-4-9(10(15)19)22-5-17-21/h1-3,5,9,16,21H,4H2,(H2,15,19)(H,18,20)/t9-/m1/s1. The van der Waals surface area contributed by atoms with Crippen molar-refractivity contribution in [2.75, 3.05) is 17.2 Å². The van der Waals surface area contributed by atoms with E-state index in [-0.39, 0.29) is 17.9 Å². The first-order valence-electron chi connectivity index (χ1n) is 6.04. The van der Waals surface area contributed by atoms with Gasteiger partial charge in [-0.05, 0) is 18.2 Å². The summed E-state index contributed by atoms with van der Waals surface area (Å²) in [4.78, 5) is 22.2. The summed E-state index contributed by atoms with van der Waals surface area (Å²) in [7, 11) is 0. The summed E-state index contributed by atoms with van der Waals surface area (Å²) in [5.74, 6) is -5.84. The van der Waals surface area contributed by atoms with Gasteiger partial charge in [-0.1, -0.05) is 5.16 Å². The van der Waals surface area contributed by atoms with Crippen molar-refractivity contribution in [1.29, 1.82) is 0 Å². The molecular weight excluding hydrogens is 302 g/mol. The molecule has 1 heterocycles. The number of fused-ring (bicyclic) bond motifs is 1. The number of anilines is 2. The fourth-order valence-electron chi connectivity index (χ4n) is 1.87. The highest BCUT2D eigenvalue weighted by Crippen LogP contribution is 2.41. The van der Waals surface area contributed by atoms with Gasteiger partial charge in [0.15, 0.2) is 6.10 Å². The van der Waals surface area contributed by atoms with Gasteiger partial charge in [0.25, 0.3) is 11.8 Å². The molecule has 0 saturated heterocycles. The van der Waals surface area contributed by atoms with E-state index in [1.54, 1.807) is 0 Å². The van der Waals surface area contributed by atoms with Crippen LogP contribution in [0.2, 0.25) is 0 Å². The normalized spacial score (nSPS) is 16.9. The van der Waals surface area contributed by atoms with Crippen LogP contribution in [-0.2, 0) is 20.2 Å². The lowest BCUT2D eigenvalue weighted by atomic mass is 10.1. The maximum absolute atomic E-state index is 13.6. The van der Waals surface area contributed by atoms with Crippen LogP contribution in [0.1, 0.15) is 5.56 Å². The zero-order valence-electron chi connectivity index (χ0n) is 11.0. The zero-order valence-corrected chi connectivity index (χ0v) is 11.0. The molecule has 0 bridgehead atoms. The first-order chi connectivity index (χ1) is 10.4. The fourth-order valence-corrected chi connectivity index (χ4v) is 1.87. The van der Waals surface area contributed by atoms with E-state index in [9.17, 15) is 18.4 Å². The third-order valence-corrected chi connectivity index (χ3v) is 2.97. The highest BCUT2D eigenvalue weighted by atomic mass is 19.3. The number of amides is 2. The molecular formula is C12H12F2N4O4. The number of nitrogens with one attached hydrogen (secondary N) is 2. The molecule has 10 heteroatoms. The van der Waals surface area contributed by atoms with E-state index >= 15 is 0 Å². The first kappa shape index (κ1) is 15.5. The van der Waals surface area contributed by atoms with Crippen LogP contribution in [0.25, 0.3) is 0 Å². The van der Waals surface area contributed by atoms with E-state index in [2.05, 4.69) is 15.8 Å². The molecule has 0 aromatic heterocycles. The van der Waals surface area contributed by atoms with Crippen LogP contribution in [-0.4, -0.2) is 36.1 Å². The molecule has 1 aromatic carbocycles. The Morgan fingerprint density at radius 1 is 1.59 bits per heavy atom. The van der Waals surface area contributed by atoms with Crippen molar-refractivity contribution < 1.29 is 28.3 Å². The van der Waals surface area contributed by atoms with Crippen molar-refractivity contribution in [3.05, 3.63) is 23.8 Å². The number of primary amides is 1. The summed E-state index contributed by atoms with van der Waals surface area (Å²) in [6.07, 6.45) is -0.541. The van der Waals surface area contributed by atoms with Crippen LogP contribution in [0, 0.1) is 0 Å². The van der Waals surface area contributed by atoms with E-state index in [4.69, 9.17) is 15.7 Å². The van der Waals surface area contributed by atoms with Crippen LogP contribution in [0.15, 0.2) is 23.4 Å². The van der Waals surface area contributed by atoms with Crippen LogP contribution >= 0.6 is 0 Å². The van der Waals surface area contributed by atoms with Crippen molar-refractivity contribution in [2.45, 2.75) is 12.0 Å². The van der Waals surface area contributed by atoms with Crippen LogP contribution in [0.5, 0.6) is 0 Å². The largest absolute Gasteiger partial charge is 0.466 e. The monoisotopic (exact) mass is 314 g/mol. The van der Waals surface area contributed by atoms with E-state index in [1.807, 2.05) is 0 Å². The van der Waals surface area contributed by atoms with Gasteiger partial charge in [0.2, 0.25) is 6.40 Å². The maximum Gasteiger partial charge on any atom is 0.352 e. The van der Waals surface area contributed by atoms with Crippen molar-refractivity contribution in [2.24, 2.45) is 10.9 Å². The Bertz CT molecular complexity index is 636. The Kier molecular flexibility index (Phi) is 4.11. The second kappa shape index (κ2) is 5.84. The predicted molar refractivity (Wildman–Crippen MR) is 71.8 cm³/mol. The molecule has 1 aliphatic rings. The summed E-state index contributed by atoms with van der Waals surface area (Å²) in [6.45, 7) is -0.146. The third-order valence-electron chi connectivity index (χ3n) is 2.97. The Balaban J connectivity index is 2.10. The van der Waals surface area contributed by atoms with Gasteiger partial charge in [0.1, 0.15) is 0 Å². The molecule has 1 atom stereocenters. The minimum absolute atomic E-state index is 0.0238. The fraction of sp³-hybridized carbons (Fsp3) is 0.250. The molecule has 118 valence electrons. The number of benzene rings is 1. The summed E-state index contributed by atoms with van der Waals surface area (Å²) in [5.41, 5.74) is 4.87. The quantitative estimate of drug-likeness (QED) is 0.262. The molecule has 2 amide bonds. The topological polar surface area (TPSA) is 126 Å². The molecule has 0 aliphatic carbocycles. The molecule has 8 nitrogen and oxygen atoms in total. The number of halogens is 2. The Labute approximate surface area is 122 Å². The van der Waals surface area contributed by atoms with Gasteiger partial charge >= 0.3 is 5.92 Å². The van der Waals surface area contributed by atoms with E-state index in [0.29, 0.717) is 6.40 Å². The van der Waals surface area contributed by atoms with Crippen molar-refractivity contribution in [1.82, 2.24) is 0 Å². The average Bonchev–Trinajstić information content (AvgIpc) is 2.69. The Morgan fingerprint density at radius 2 is 2.32 bits per heavy atom. The lowest BCUT2D eigenvalue weighted by Crippen LogP contribution is -2.36. The zero-order chi connectivity index (χ0) is 16.3. The van der Waals surface area contributed by atoms with Gasteiger partial charge in [0, 0.05) is 5.69 Å². The molecule has 1 aliphatic heterocycles. The van der Waals surface area contributed by atoms with E-state index < -0.39 is 29.4 Å². The van der Waals surface area contributed by atoms with Gasteiger partial charge in [0.05, 0.1) is 17.8 Å². The molecule has 2 rings (SSSR count). The lowest BCUT2D eigenvalue weighted by molar-refractivity contribution is -0.139. The number of hydrogen-bond acceptors (Lipinski definition) is 6. The first-order valence-corrected chi connectivity index (χ1v) is 6.04. The molecule has 0 fully saturated rings. The lowest BCUT2D eigenvalue weighted by Gasteiger charge is -2.15. The second-order valence-corrected chi connectivity index (χ2v) is 4.42. The molecule has 22 heavy (non-hydrogen) atoms. The van der Waals surface area contributed by atoms with Crippen LogP contribution in [0.3, 0.4) is 0 Å². The smallest absolute Gasteiger partial charge is 0.352 e. The van der Waals surface area contributed by atoms with E-state index in [0.717, 1.165) is 6.07 Å². The molecule has 5 N–H and O–H groups in total. The molecule has 0 spiro atoms. The SMILES string of the molecule is NC(=O)[C@@H](CNc1ccc2c(c1)C(F)(F)C(=O)N2)OC=NO. The summed E-state index contributed by atoms with van der Waals surface area (Å²) in [6, 6.07) is 3.84. The molecule has 0 radical (unpaired) electrons. The number of carbonyl (C=O) groups excluding carboxylic acids is 2. The number of carbonyl (C=O) groups is 2. The number of alkyl halides is 2. The molecule has 1 aromatic rings. The predicted octanol–water partition coefficient (Wildman–Crippen LogP) is 0.430. The van der Waals surface area contributed by atoms with Gasteiger partial charge in [-0.25, -0.2) is 0 Å².